The van der Waals surface area contributed by atoms with E-state index in [4.69, 9.17) is 9.47 Å². The molecule has 0 fully saturated rings. The molecule has 1 aliphatic heterocycles. The second-order valence-corrected chi connectivity index (χ2v) is 6.69. The first kappa shape index (κ1) is 18.8. The van der Waals surface area contributed by atoms with Crippen LogP contribution in [0, 0.1) is 0 Å². The van der Waals surface area contributed by atoms with Crippen LogP contribution in [0.1, 0.15) is 38.8 Å². The van der Waals surface area contributed by atoms with E-state index in [0.717, 1.165) is 5.56 Å². The molecule has 0 aliphatic carbocycles. The van der Waals surface area contributed by atoms with Gasteiger partial charge < -0.3 is 19.5 Å². The van der Waals surface area contributed by atoms with Gasteiger partial charge in [0.2, 0.25) is 0 Å². The number of carbonyl (C=O) groups excluding carboxylic acids is 2. The van der Waals surface area contributed by atoms with Crippen LogP contribution in [0.3, 0.4) is 0 Å². The van der Waals surface area contributed by atoms with Crippen LogP contribution in [-0.4, -0.2) is 43.3 Å². The first-order valence-electron chi connectivity index (χ1n) is 8.10. The lowest BCUT2D eigenvalue weighted by molar-refractivity contribution is -0.142. The molecule has 2 atom stereocenters. The van der Waals surface area contributed by atoms with Crippen LogP contribution >= 0.6 is 0 Å². The molecule has 7 heteroatoms. The van der Waals surface area contributed by atoms with Gasteiger partial charge in [-0.05, 0) is 26.3 Å². The number of aliphatic imine (C=N–C) groups is 1. The summed E-state index contributed by atoms with van der Waals surface area (Å²) in [7, 11) is 1.31. The second kappa shape index (κ2) is 8.00. The highest BCUT2D eigenvalue weighted by molar-refractivity contribution is 5.86. The molecule has 0 saturated carbocycles. The van der Waals surface area contributed by atoms with Gasteiger partial charge in [0.1, 0.15) is 12.2 Å². The van der Waals surface area contributed by atoms with E-state index in [2.05, 4.69) is 15.0 Å². The first-order chi connectivity index (χ1) is 11.8. The average Bonchev–Trinajstić information content (AvgIpc) is 3.01. The van der Waals surface area contributed by atoms with Crippen molar-refractivity contribution in [2.24, 2.45) is 4.99 Å². The summed E-state index contributed by atoms with van der Waals surface area (Å²) in [6.45, 7) is 5.55. The van der Waals surface area contributed by atoms with Gasteiger partial charge in [-0.1, -0.05) is 30.3 Å². The predicted molar refractivity (Wildman–Crippen MR) is 92.4 cm³/mol. The number of esters is 1. The highest BCUT2D eigenvalue weighted by Crippen LogP contribution is 2.21. The van der Waals surface area contributed by atoms with Crippen LogP contribution in [0.15, 0.2) is 35.3 Å². The zero-order valence-corrected chi connectivity index (χ0v) is 14.9. The molecular formula is C18H24N2O5. The topological polar surface area (TPSA) is 86.2 Å². The molecule has 1 aromatic rings. The molecule has 0 radical (unpaired) electrons. The van der Waals surface area contributed by atoms with Crippen molar-refractivity contribution < 1.29 is 23.8 Å². The lowest BCUT2D eigenvalue weighted by Crippen LogP contribution is -2.35. The minimum atomic E-state index is -0.655. The van der Waals surface area contributed by atoms with E-state index in [9.17, 15) is 9.59 Å². The van der Waals surface area contributed by atoms with Gasteiger partial charge in [-0.3, -0.25) is 0 Å². The summed E-state index contributed by atoms with van der Waals surface area (Å²) in [5.41, 5.74) is 0.295. The number of amides is 1. The molecule has 2 rings (SSSR count). The Kier molecular flexibility index (Phi) is 6.01. The smallest absolute Gasteiger partial charge is 0.408 e. The van der Waals surface area contributed by atoms with Crippen LogP contribution in [0.25, 0.3) is 0 Å². The first-order valence-corrected chi connectivity index (χ1v) is 8.10. The molecule has 0 bridgehead atoms. The molecule has 0 saturated heterocycles. The Hall–Kier alpha value is -2.57. The fraction of sp³-hybridized carbons (Fsp3) is 0.500. The molecule has 1 heterocycles. The maximum absolute atomic E-state index is 12.1. The zero-order chi connectivity index (χ0) is 18.4. The molecule has 1 amide bonds. The number of nitrogens with one attached hydrogen (secondary N) is 1. The predicted octanol–water partition coefficient (Wildman–Crippen LogP) is 2.61. The summed E-state index contributed by atoms with van der Waals surface area (Å²) in [6, 6.07) is 8.42. The van der Waals surface area contributed by atoms with E-state index in [0.29, 0.717) is 12.3 Å². The number of benzene rings is 1. The average molecular weight is 348 g/mol. The quantitative estimate of drug-likeness (QED) is 0.827. The summed E-state index contributed by atoms with van der Waals surface area (Å²) >= 11 is 0. The van der Waals surface area contributed by atoms with Gasteiger partial charge in [-0.15, -0.1) is 0 Å². The van der Waals surface area contributed by atoms with Gasteiger partial charge >= 0.3 is 12.1 Å². The fourth-order valence-corrected chi connectivity index (χ4v) is 2.35. The van der Waals surface area contributed by atoms with E-state index < -0.39 is 23.7 Å². The number of rotatable bonds is 5. The maximum atomic E-state index is 12.1. The van der Waals surface area contributed by atoms with Crippen LogP contribution in [0.4, 0.5) is 4.79 Å². The van der Waals surface area contributed by atoms with Crippen LogP contribution in [0.2, 0.25) is 0 Å². The Balaban J connectivity index is 2.11. The van der Waals surface area contributed by atoms with Gasteiger partial charge in [0.05, 0.1) is 13.2 Å². The van der Waals surface area contributed by atoms with Crippen molar-refractivity contribution in [3.8, 4) is 0 Å². The molecule has 136 valence electrons. The third-order valence-electron chi connectivity index (χ3n) is 3.45. The molecule has 2 unspecified atom stereocenters. The number of alkyl carbamates (subject to hydrolysis) is 1. The van der Waals surface area contributed by atoms with Crippen LogP contribution in [-0.2, 0) is 19.0 Å². The fourth-order valence-electron chi connectivity index (χ4n) is 2.35. The van der Waals surface area contributed by atoms with E-state index in [1.165, 1.54) is 7.11 Å². The van der Waals surface area contributed by atoms with Gasteiger partial charge in [0.15, 0.2) is 11.9 Å². The summed E-state index contributed by atoms with van der Waals surface area (Å²) in [5, 5.41) is 2.84. The Bertz CT molecular complexity index is 637. The number of nitrogens with zero attached hydrogens (tertiary/aromatic N) is 1. The van der Waals surface area contributed by atoms with E-state index in [1.807, 2.05) is 30.3 Å². The van der Waals surface area contributed by atoms with Gasteiger partial charge in [-0.2, -0.15) is 0 Å². The summed E-state index contributed by atoms with van der Waals surface area (Å²) in [5.74, 6) is -0.0355. The van der Waals surface area contributed by atoms with E-state index >= 15 is 0 Å². The molecule has 0 spiro atoms. The lowest BCUT2D eigenvalue weighted by atomic mass is 10.0. The largest absolute Gasteiger partial charge is 0.478 e. The van der Waals surface area contributed by atoms with Crippen molar-refractivity contribution in [3.05, 3.63) is 35.9 Å². The van der Waals surface area contributed by atoms with E-state index in [1.54, 1.807) is 20.8 Å². The van der Waals surface area contributed by atoms with Crippen molar-refractivity contribution in [3.63, 3.8) is 0 Å². The minimum absolute atomic E-state index is 0.149. The second-order valence-electron chi connectivity index (χ2n) is 6.69. The Morgan fingerprint density at radius 1 is 1.32 bits per heavy atom. The normalized spacial score (nSPS) is 17.9. The number of carbonyl (C=O) groups is 2. The highest BCUT2D eigenvalue weighted by atomic mass is 16.6. The summed E-state index contributed by atoms with van der Waals surface area (Å²) in [4.78, 5) is 27.9. The van der Waals surface area contributed by atoms with Crippen molar-refractivity contribution in [1.29, 1.82) is 0 Å². The monoisotopic (exact) mass is 348 g/mol. The standard InChI is InChI=1S/C18H24N2O5/c1-18(2,3)25-17(22)20-13(12-8-6-5-7-9-12)10-15-19-14(11-24-15)16(21)23-4/h5-9,13-14H,10-11H2,1-4H3,(H,20,22). The number of ether oxygens (including phenoxy) is 3. The minimum Gasteiger partial charge on any atom is -0.478 e. The SMILES string of the molecule is COC(=O)C1COC(CC(NC(=O)OC(C)(C)C)c2ccccc2)=N1. The Morgan fingerprint density at radius 2 is 2.00 bits per heavy atom. The molecule has 0 aromatic heterocycles. The van der Waals surface area contributed by atoms with Crippen molar-refractivity contribution in [2.75, 3.05) is 13.7 Å². The molecule has 7 nitrogen and oxygen atoms in total. The van der Waals surface area contributed by atoms with Gasteiger partial charge in [-0.25, -0.2) is 14.6 Å². The number of methoxy groups -OCH3 is 1. The van der Waals surface area contributed by atoms with Crippen molar-refractivity contribution in [2.45, 2.75) is 44.9 Å². The van der Waals surface area contributed by atoms with Crippen LogP contribution < -0.4 is 5.32 Å². The molecular weight excluding hydrogens is 324 g/mol. The number of hydrogen-bond donors (Lipinski definition) is 1. The lowest BCUT2D eigenvalue weighted by Gasteiger charge is -2.23. The van der Waals surface area contributed by atoms with E-state index in [-0.39, 0.29) is 12.6 Å². The molecule has 1 aromatic carbocycles. The highest BCUT2D eigenvalue weighted by Gasteiger charge is 2.29. The molecule has 25 heavy (non-hydrogen) atoms. The third kappa shape index (κ3) is 5.77. The summed E-state index contributed by atoms with van der Waals surface area (Å²) < 4.78 is 15.5. The van der Waals surface area contributed by atoms with Crippen molar-refractivity contribution >= 4 is 18.0 Å². The molecule has 1 aliphatic rings. The van der Waals surface area contributed by atoms with Crippen LogP contribution in [0.5, 0.6) is 0 Å². The number of hydrogen-bond acceptors (Lipinski definition) is 6. The Labute approximate surface area is 147 Å². The summed E-state index contributed by atoms with van der Waals surface area (Å²) in [6.07, 6.45) is -0.207. The molecule has 1 N–H and O–H groups in total. The van der Waals surface area contributed by atoms with Gasteiger partial charge in [0.25, 0.3) is 0 Å². The zero-order valence-electron chi connectivity index (χ0n) is 14.9. The van der Waals surface area contributed by atoms with Gasteiger partial charge in [0, 0.05) is 6.42 Å². The third-order valence-corrected chi connectivity index (χ3v) is 3.45. The Morgan fingerprint density at radius 3 is 2.60 bits per heavy atom. The maximum Gasteiger partial charge on any atom is 0.408 e. The van der Waals surface area contributed by atoms with Crippen molar-refractivity contribution in [1.82, 2.24) is 5.32 Å².